The molecule has 0 atom stereocenters. The van der Waals surface area contributed by atoms with Crippen LogP contribution in [-0.2, 0) is 22.6 Å². The number of carbonyl (C=O) groups is 2. The maximum Gasteiger partial charge on any atom is 0.306 e. The van der Waals surface area contributed by atoms with Crippen LogP contribution in [0.25, 0.3) is 5.78 Å². The molecule has 9 heteroatoms. The van der Waals surface area contributed by atoms with E-state index in [-0.39, 0.29) is 30.7 Å². The Labute approximate surface area is 167 Å². The zero-order valence-electron chi connectivity index (χ0n) is 16.9. The van der Waals surface area contributed by atoms with Gasteiger partial charge in [0.1, 0.15) is 12.4 Å². The average molecular weight is 397 g/mol. The summed E-state index contributed by atoms with van der Waals surface area (Å²) in [7, 11) is 1.53. The van der Waals surface area contributed by atoms with E-state index in [1.165, 1.54) is 14.0 Å². The van der Waals surface area contributed by atoms with Gasteiger partial charge in [-0.15, -0.1) is 5.10 Å². The summed E-state index contributed by atoms with van der Waals surface area (Å²) in [5.74, 6) is 0.715. The number of nitrogens with two attached hydrogens (primary N) is 1. The number of aryl methyl sites for hydroxylation is 2. The molecule has 0 spiro atoms. The fourth-order valence-electron chi connectivity index (χ4n) is 3.15. The first-order chi connectivity index (χ1) is 13.8. The summed E-state index contributed by atoms with van der Waals surface area (Å²) < 4.78 is 12.2. The van der Waals surface area contributed by atoms with Crippen molar-refractivity contribution in [3.63, 3.8) is 0 Å². The summed E-state index contributed by atoms with van der Waals surface area (Å²) in [5, 5.41) is 4.12. The molecule has 3 rings (SSSR count). The van der Waals surface area contributed by atoms with E-state index in [9.17, 15) is 9.59 Å². The summed E-state index contributed by atoms with van der Waals surface area (Å²) in [6.45, 7) is 5.25. The lowest BCUT2D eigenvalue weighted by Gasteiger charge is -2.12. The van der Waals surface area contributed by atoms with Crippen LogP contribution in [-0.4, -0.2) is 38.4 Å². The molecule has 0 bridgehead atoms. The minimum Gasteiger partial charge on any atom is -0.496 e. The van der Waals surface area contributed by atoms with Crippen molar-refractivity contribution in [2.45, 2.75) is 40.2 Å². The van der Waals surface area contributed by atoms with Gasteiger partial charge in [0.2, 0.25) is 5.95 Å². The number of nitrogens with zero attached hydrogens (tertiary/aromatic N) is 4. The second kappa shape index (κ2) is 8.26. The Balaban J connectivity index is 1.67. The molecule has 0 amide bonds. The minimum absolute atomic E-state index is 0.0258. The Bertz CT molecular complexity index is 1090. The van der Waals surface area contributed by atoms with E-state index in [1.807, 2.05) is 13.8 Å². The number of nitrogen functional groups attached to an aromatic ring is 1. The van der Waals surface area contributed by atoms with Gasteiger partial charge in [0.15, 0.2) is 5.78 Å². The molecule has 0 radical (unpaired) electrons. The maximum atomic E-state index is 12.3. The summed E-state index contributed by atoms with van der Waals surface area (Å²) in [5.41, 5.74) is 9.32. The second-order valence-corrected chi connectivity index (χ2v) is 6.69. The highest BCUT2D eigenvalue weighted by Gasteiger charge is 2.15. The predicted octanol–water partition coefficient (Wildman–Crippen LogP) is 2.21. The van der Waals surface area contributed by atoms with Crippen molar-refractivity contribution in [3.8, 4) is 5.75 Å². The Hall–Kier alpha value is -3.49. The quantitative estimate of drug-likeness (QED) is 0.476. The van der Waals surface area contributed by atoms with E-state index in [2.05, 4.69) is 15.1 Å². The van der Waals surface area contributed by atoms with Gasteiger partial charge in [-0.05, 0) is 51.0 Å². The lowest BCUT2D eigenvalue weighted by Crippen LogP contribution is -2.11. The van der Waals surface area contributed by atoms with Gasteiger partial charge in [0.05, 0.1) is 7.11 Å². The van der Waals surface area contributed by atoms with Gasteiger partial charge < -0.3 is 15.2 Å². The van der Waals surface area contributed by atoms with Crippen molar-refractivity contribution < 1.29 is 19.1 Å². The van der Waals surface area contributed by atoms with Crippen LogP contribution < -0.4 is 10.5 Å². The number of anilines is 1. The van der Waals surface area contributed by atoms with Crippen LogP contribution >= 0.6 is 0 Å². The number of ketones is 1. The van der Waals surface area contributed by atoms with E-state index in [1.54, 1.807) is 22.7 Å². The molecule has 0 aliphatic carbocycles. The third-order valence-electron chi connectivity index (χ3n) is 4.72. The fraction of sp³-hybridized carbons (Fsp3) is 0.350. The van der Waals surface area contributed by atoms with Crippen molar-refractivity contribution in [1.82, 2.24) is 19.6 Å². The van der Waals surface area contributed by atoms with Crippen LogP contribution in [0.1, 0.15) is 46.2 Å². The summed E-state index contributed by atoms with van der Waals surface area (Å²) in [4.78, 5) is 32.3. The molecule has 3 aromatic rings. The first-order valence-electron chi connectivity index (χ1n) is 9.12. The number of methoxy groups -OCH3 is 1. The highest BCUT2D eigenvalue weighted by molar-refractivity contribution is 5.94. The number of rotatable bonds is 7. The van der Waals surface area contributed by atoms with Crippen molar-refractivity contribution in [2.75, 3.05) is 12.8 Å². The average Bonchev–Trinajstić information content (AvgIpc) is 3.06. The Morgan fingerprint density at radius 1 is 1.21 bits per heavy atom. The lowest BCUT2D eigenvalue weighted by atomic mass is 10.1. The van der Waals surface area contributed by atoms with Crippen LogP contribution in [0.3, 0.4) is 0 Å². The molecule has 1 aromatic carbocycles. The van der Waals surface area contributed by atoms with E-state index < -0.39 is 0 Å². The van der Waals surface area contributed by atoms with E-state index in [0.717, 1.165) is 17.0 Å². The zero-order chi connectivity index (χ0) is 21.1. The molecule has 0 fully saturated rings. The standard InChI is InChI=1S/C20H23N5O4/c1-11-16(12(2)25-20(22-11)23-19(21)24-25)6-8-18(27)29-10-15-9-14(13(3)26)5-7-17(15)28-4/h5,7,9H,6,8,10H2,1-4H3,(H2,21,24). The summed E-state index contributed by atoms with van der Waals surface area (Å²) in [6, 6.07) is 5.05. The molecular formula is C20H23N5O4. The molecular weight excluding hydrogens is 374 g/mol. The van der Waals surface area contributed by atoms with Gasteiger partial charge >= 0.3 is 5.97 Å². The van der Waals surface area contributed by atoms with Gasteiger partial charge in [-0.1, -0.05) is 0 Å². The van der Waals surface area contributed by atoms with Crippen molar-refractivity contribution in [1.29, 1.82) is 0 Å². The summed E-state index contributed by atoms with van der Waals surface area (Å²) >= 11 is 0. The van der Waals surface area contributed by atoms with Crippen molar-refractivity contribution in [2.24, 2.45) is 0 Å². The van der Waals surface area contributed by atoms with Gasteiger partial charge in [-0.25, -0.2) is 4.98 Å². The predicted molar refractivity (Wildman–Crippen MR) is 106 cm³/mol. The molecule has 0 aliphatic rings. The van der Waals surface area contributed by atoms with Gasteiger partial charge in [0, 0.05) is 28.9 Å². The van der Waals surface area contributed by atoms with Crippen LogP contribution in [0.15, 0.2) is 18.2 Å². The largest absolute Gasteiger partial charge is 0.496 e. The third-order valence-corrected chi connectivity index (χ3v) is 4.72. The van der Waals surface area contributed by atoms with Crippen LogP contribution in [0, 0.1) is 13.8 Å². The van der Waals surface area contributed by atoms with E-state index in [4.69, 9.17) is 15.2 Å². The number of ether oxygens (including phenoxy) is 2. The number of benzene rings is 1. The Morgan fingerprint density at radius 2 is 1.97 bits per heavy atom. The molecule has 9 nitrogen and oxygen atoms in total. The molecule has 2 N–H and O–H groups in total. The normalized spacial score (nSPS) is 10.9. The first kappa shape index (κ1) is 20.2. The molecule has 29 heavy (non-hydrogen) atoms. The van der Waals surface area contributed by atoms with Crippen LogP contribution in [0.5, 0.6) is 5.75 Å². The molecule has 0 saturated heterocycles. The number of hydrogen-bond donors (Lipinski definition) is 1. The Morgan fingerprint density at radius 3 is 2.66 bits per heavy atom. The van der Waals surface area contributed by atoms with Crippen LogP contribution in [0.4, 0.5) is 5.95 Å². The topological polar surface area (TPSA) is 122 Å². The number of Topliss-reactive ketones (excluding diaryl/α,β-unsaturated/α-hetero) is 1. The highest BCUT2D eigenvalue weighted by Crippen LogP contribution is 2.22. The highest BCUT2D eigenvalue weighted by atomic mass is 16.5. The molecule has 0 unspecified atom stereocenters. The maximum absolute atomic E-state index is 12.3. The number of esters is 1. The smallest absolute Gasteiger partial charge is 0.306 e. The fourth-order valence-corrected chi connectivity index (χ4v) is 3.15. The van der Waals surface area contributed by atoms with E-state index in [0.29, 0.717) is 29.1 Å². The number of aromatic nitrogens is 4. The monoisotopic (exact) mass is 397 g/mol. The first-order valence-corrected chi connectivity index (χ1v) is 9.12. The van der Waals surface area contributed by atoms with Gasteiger partial charge in [-0.3, -0.25) is 9.59 Å². The molecule has 2 heterocycles. The molecule has 152 valence electrons. The molecule has 0 saturated carbocycles. The van der Waals surface area contributed by atoms with Crippen molar-refractivity contribution >= 4 is 23.5 Å². The summed E-state index contributed by atoms with van der Waals surface area (Å²) in [6.07, 6.45) is 0.623. The lowest BCUT2D eigenvalue weighted by molar-refractivity contribution is -0.144. The number of hydrogen-bond acceptors (Lipinski definition) is 8. The SMILES string of the molecule is COc1ccc(C(C)=O)cc1COC(=O)CCc1c(C)nc2nc(N)nn2c1C. The van der Waals surface area contributed by atoms with Crippen LogP contribution in [0.2, 0.25) is 0 Å². The van der Waals surface area contributed by atoms with Gasteiger partial charge in [0.25, 0.3) is 5.78 Å². The van der Waals surface area contributed by atoms with Crippen molar-refractivity contribution in [3.05, 3.63) is 46.3 Å². The molecule has 2 aromatic heterocycles. The Kier molecular flexibility index (Phi) is 5.76. The van der Waals surface area contributed by atoms with Gasteiger partial charge in [-0.2, -0.15) is 9.50 Å². The minimum atomic E-state index is -0.364. The number of fused-ring (bicyclic) bond motifs is 1. The zero-order valence-corrected chi connectivity index (χ0v) is 16.9. The number of carbonyl (C=O) groups excluding carboxylic acids is 2. The third kappa shape index (κ3) is 4.34. The van der Waals surface area contributed by atoms with E-state index >= 15 is 0 Å². The molecule has 0 aliphatic heterocycles. The second-order valence-electron chi connectivity index (χ2n) is 6.69.